The van der Waals surface area contributed by atoms with Gasteiger partial charge in [-0.1, -0.05) is 26.0 Å². The van der Waals surface area contributed by atoms with E-state index in [0.717, 1.165) is 22.5 Å². The van der Waals surface area contributed by atoms with E-state index < -0.39 is 12.1 Å². The molecule has 0 radical (unpaired) electrons. The van der Waals surface area contributed by atoms with Crippen molar-refractivity contribution in [2.45, 2.75) is 32.5 Å². The van der Waals surface area contributed by atoms with Crippen LogP contribution in [0.5, 0.6) is 0 Å². The number of amides is 1. The maximum atomic E-state index is 12.5. The van der Waals surface area contributed by atoms with Gasteiger partial charge in [0, 0.05) is 42.1 Å². The van der Waals surface area contributed by atoms with Crippen LogP contribution in [-0.4, -0.2) is 47.7 Å². The Balaban J connectivity index is 0.000000406. The third kappa shape index (κ3) is 6.18. The first-order chi connectivity index (χ1) is 16.0. The number of halogens is 3. The second-order valence-electron chi connectivity index (χ2n) is 7.54. The van der Waals surface area contributed by atoms with E-state index in [9.17, 15) is 18.0 Å². The number of fused-ring (bicyclic) bond motifs is 1. The molecule has 0 aliphatic heterocycles. The summed E-state index contributed by atoms with van der Waals surface area (Å²) in [7, 11) is 0. The molecule has 12 heteroatoms. The van der Waals surface area contributed by atoms with E-state index >= 15 is 0 Å². The summed E-state index contributed by atoms with van der Waals surface area (Å²) in [6.45, 7) is 4.96. The van der Waals surface area contributed by atoms with E-state index in [2.05, 4.69) is 43.7 Å². The summed E-state index contributed by atoms with van der Waals surface area (Å²) in [5.41, 5.74) is 2.93. The van der Waals surface area contributed by atoms with E-state index in [1.807, 2.05) is 36.7 Å². The summed E-state index contributed by atoms with van der Waals surface area (Å²) in [4.78, 5) is 37.0. The number of hydrogen-bond acceptors (Lipinski definition) is 5. The highest BCUT2D eigenvalue weighted by atomic mass is 19.4. The van der Waals surface area contributed by atoms with Gasteiger partial charge in [0.15, 0.2) is 0 Å². The van der Waals surface area contributed by atoms with E-state index in [0.29, 0.717) is 23.8 Å². The summed E-state index contributed by atoms with van der Waals surface area (Å²) in [6.07, 6.45) is 1.84. The number of aromatic amines is 1. The van der Waals surface area contributed by atoms with Crippen molar-refractivity contribution >= 4 is 28.6 Å². The van der Waals surface area contributed by atoms with Crippen molar-refractivity contribution in [3.63, 3.8) is 0 Å². The summed E-state index contributed by atoms with van der Waals surface area (Å²) in [5, 5.41) is 10.9. The zero-order valence-corrected chi connectivity index (χ0v) is 18.2. The van der Waals surface area contributed by atoms with Crippen LogP contribution >= 0.6 is 0 Å². The number of H-pyrrole nitrogens is 1. The van der Waals surface area contributed by atoms with Crippen molar-refractivity contribution in [1.82, 2.24) is 24.5 Å². The van der Waals surface area contributed by atoms with E-state index in [1.165, 1.54) is 6.33 Å². The highest BCUT2D eigenvalue weighted by Crippen LogP contribution is 2.18. The molecule has 1 aromatic carbocycles. The predicted octanol–water partition coefficient (Wildman–Crippen LogP) is 4.21. The highest BCUT2D eigenvalue weighted by molar-refractivity contribution is 6.05. The van der Waals surface area contributed by atoms with Crippen LogP contribution in [-0.2, 0) is 11.3 Å². The fraction of sp³-hybridized carbons (Fsp3) is 0.227. The molecule has 178 valence electrons. The number of imidazole rings is 1. The molecule has 0 aliphatic rings. The van der Waals surface area contributed by atoms with Crippen molar-refractivity contribution < 1.29 is 27.9 Å². The molecule has 3 heterocycles. The monoisotopic (exact) mass is 474 g/mol. The van der Waals surface area contributed by atoms with Crippen LogP contribution in [0.15, 0.2) is 55.2 Å². The second-order valence-corrected chi connectivity index (χ2v) is 7.54. The fourth-order valence-electron chi connectivity index (χ4n) is 3.09. The Morgan fingerprint density at radius 3 is 2.59 bits per heavy atom. The third-order valence-corrected chi connectivity index (χ3v) is 4.58. The van der Waals surface area contributed by atoms with Crippen LogP contribution in [0.4, 0.5) is 18.9 Å². The number of carboxylic acid groups (broad SMARTS) is 1. The van der Waals surface area contributed by atoms with Gasteiger partial charge >= 0.3 is 12.1 Å². The lowest BCUT2D eigenvalue weighted by atomic mass is 10.1. The number of carboxylic acids is 1. The Labute approximate surface area is 191 Å². The Hall–Kier alpha value is -4.22. The molecular weight excluding hydrogens is 453 g/mol. The van der Waals surface area contributed by atoms with Crippen molar-refractivity contribution in [3.8, 4) is 0 Å². The molecule has 3 N–H and O–H groups in total. The minimum absolute atomic E-state index is 0.212. The number of nitrogens with zero attached hydrogens (tertiary/aromatic N) is 4. The Bertz CT molecular complexity index is 1260. The van der Waals surface area contributed by atoms with Gasteiger partial charge in [-0.05, 0) is 23.8 Å². The molecule has 9 nitrogen and oxygen atoms in total. The summed E-state index contributed by atoms with van der Waals surface area (Å²) in [5.74, 6) is -1.57. The van der Waals surface area contributed by atoms with Crippen LogP contribution in [0, 0.1) is 0 Å². The predicted molar refractivity (Wildman–Crippen MR) is 117 cm³/mol. The summed E-state index contributed by atoms with van der Waals surface area (Å²) < 4.78 is 33.9. The molecule has 1 amide bonds. The number of aliphatic carboxylic acids is 1. The molecule has 4 aromatic rings. The number of nitrogens with one attached hydrogen (secondary N) is 2. The molecule has 0 aliphatic carbocycles. The van der Waals surface area contributed by atoms with Crippen molar-refractivity contribution in [3.05, 3.63) is 72.3 Å². The van der Waals surface area contributed by atoms with Crippen LogP contribution in [0.2, 0.25) is 0 Å². The van der Waals surface area contributed by atoms with Gasteiger partial charge in [-0.25, -0.2) is 19.7 Å². The Kier molecular flexibility index (Phi) is 7.29. The SMILES string of the molecule is CC(C)c1nccn1Cc1cccc(NC(=O)c2cc3cncnc3[nH]2)c1.O=C(O)C(F)(F)F. The first kappa shape index (κ1) is 24.4. The lowest BCUT2D eigenvalue weighted by molar-refractivity contribution is -0.192. The van der Waals surface area contributed by atoms with Gasteiger partial charge in [0.1, 0.15) is 23.5 Å². The number of benzene rings is 1. The number of rotatable bonds is 5. The fourth-order valence-corrected chi connectivity index (χ4v) is 3.09. The van der Waals surface area contributed by atoms with Gasteiger partial charge < -0.3 is 20.0 Å². The first-order valence-corrected chi connectivity index (χ1v) is 10.0. The smallest absolute Gasteiger partial charge is 0.475 e. The van der Waals surface area contributed by atoms with Crippen molar-refractivity contribution in [2.75, 3.05) is 5.32 Å². The third-order valence-electron chi connectivity index (χ3n) is 4.58. The van der Waals surface area contributed by atoms with E-state index in [1.54, 1.807) is 12.3 Å². The molecular formula is C22H21F3N6O3. The minimum atomic E-state index is -5.08. The average Bonchev–Trinajstić information content (AvgIpc) is 3.40. The topological polar surface area (TPSA) is 126 Å². The van der Waals surface area contributed by atoms with Gasteiger partial charge in [-0.2, -0.15) is 13.2 Å². The molecule has 3 aromatic heterocycles. The van der Waals surface area contributed by atoms with Gasteiger partial charge in [0.25, 0.3) is 5.91 Å². The largest absolute Gasteiger partial charge is 0.490 e. The van der Waals surface area contributed by atoms with E-state index in [-0.39, 0.29) is 5.91 Å². The quantitative estimate of drug-likeness (QED) is 0.398. The standard InChI is InChI=1S/C20H20N6O.C2HF3O2/c1-13(2)19-22-6-7-26(19)11-14-4-3-5-16(8-14)24-20(27)17-9-15-10-21-12-23-18(15)25-17;3-2(4,5)1(6)7/h3-10,12-13H,11H2,1-2H3,(H,24,27)(H,21,23,25);(H,6,7). The number of aromatic nitrogens is 5. The van der Waals surface area contributed by atoms with Crippen molar-refractivity contribution in [2.24, 2.45) is 0 Å². The molecule has 0 saturated heterocycles. The number of alkyl halides is 3. The molecule has 4 rings (SSSR count). The second kappa shape index (κ2) is 10.1. The average molecular weight is 474 g/mol. The summed E-state index contributed by atoms with van der Waals surface area (Å²) in [6, 6.07) is 9.58. The maximum absolute atomic E-state index is 12.5. The molecule has 0 atom stereocenters. The van der Waals surface area contributed by atoms with Gasteiger partial charge in [-0.3, -0.25) is 4.79 Å². The molecule has 0 unspecified atom stereocenters. The molecule has 34 heavy (non-hydrogen) atoms. The number of carbonyl (C=O) groups excluding carboxylic acids is 1. The van der Waals surface area contributed by atoms with Crippen molar-refractivity contribution in [1.29, 1.82) is 0 Å². The minimum Gasteiger partial charge on any atom is -0.475 e. The van der Waals surface area contributed by atoms with Crippen LogP contribution in [0.3, 0.4) is 0 Å². The molecule has 0 saturated carbocycles. The van der Waals surface area contributed by atoms with Crippen LogP contribution in [0.1, 0.15) is 41.6 Å². The van der Waals surface area contributed by atoms with Gasteiger partial charge in [-0.15, -0.1) is 0 Å². The summed E-state index contributed by atoms with van der Waals surface area (Å²) >= 11 is 0. The van der Waals surface area contributed by atoms with Crippen LogP contribution < -0.4 is 5.32 Å². The highest BCUT2D eigenvalue weighted by Gasteiger charge is 2.38. The zero-order chi connectivity index (χ0) is 24.9. The molecule has 0 bridgehead atoms. The number of carbonyl (C=O) groups is 2. The Morgan fingerprint density at radius 1 is 1.21 bits per heavy atom. The lowest BCUT2D eigenvalue weighted by Gasteiger charge is -2.11. The first-order valence-electron chi connectivity index (χ1n) is 10.0. The zero-order valence-electron chi connectivity index (χ0n) is 18.2. The normalized spacial score (nSPS) is 11.2. The Morgan fingerprint density at radius 2 is 1.94 bits per heavy atom. The number of anilines is 1. The molecule has 0 spiro atoms. The number of hydrogen-bond donors (Lipinski definition) is 3. The van der Waals surface area contributed by atoms with Gasteiger partial charge in [0.05, 0.1) is 0 Å². The maximum Gasteiger partial charge on any atom is 0.490 e. The molecule has 0 fully saturated rings. The van der Waals surface area contributed by atoms with E-state index in [4.69, 9.17) is 9.90 Å². The van der Waals surface area contributed by atoms with Crippen LogP contribution in [0.25, 0.3) is 11.0 Å². The lowest BCUT2D eigenvalue weighted by Crippen LogP contribution is -2.21. The van der Waals surface area contributed by atoms with Gasteiger partial charge in [0.2, 0.25) is 0 Å².